The Bertz CT molecular complexity index is 280. The largest absolute Gasteiger partial charge is 0.481 e. The molecule has 0 aliphatic heterocycles. The molecule has 0 bridgehead atoms. The van der Waals surface area contributed by atoms with Crippen molar-refractivity contribution in [2.75, 3.05) is 26.8 Å². The van der Waals surface area contributed by atoms with Crippen LogP contribution in [0.3, 0.4) is 0 Å². The van der Waals surface area contributed by atoms with E-state index < -0.39 is 11.9 Å². The normalized spacial score (nSPS) is 23.6. The Morgan fingerprint density at radius 3 is 2.53 bits per heavy atom. The number of methoxy groups -OCH3 is 1. The average molecular weight is 243 g/mol. The lowest BCUT2D eigenvalue weighted by Crippen LogP contribution is -2.40. The van der Waals surface area contributed by atoms with E-state index in [1.54, 1.807) is 12.0 Å². The van der Waals surface area contributed by atoms with Gasteiger partial charge in [-0.2, -0.15) is 0 Å². The van der Waals surface area contributed by atoms with E-state index in [1.165, 1.54) is 0 Å². The molecule has 2 atom stereocenters. The molecule has 5 heteroatoms. The van der Waals surface area contributed by atoms with Gasteiger partial charge in [-0.05, 0) is 19.8 Å². The van der Waals surface area contributed by atoms with Crippen LogP contribution < -0.4 is 0 Å². The van der Waals surface area contributed by atoms with Crippen molar-refractivity contribution in [1.82, 2.24) is 4.90 Å². The molecule has 0 radical (unpaired) electrons. The molecule has 1 fully saturated rings. The summed E-state index contributed by atoms with van der Waals surface area (Å²) in [5, 5.41) is 9.07. The molecule has 0 heterocycles. The zero-order valence-corrected chi connectivity index (χ0v) is 10.5. The number of hydrogen-bond acceptors (Lipinski definition) is 3. The van der Waals surface area contributed by atoms with Crippen LogP contribution >= 0.6 is 0 Å². The third-order valence-corrected chi connectivity index (χ3v) is 3.41. The van der Waals surface area contributed by atoms with Crippen LogP contribution in [0.5, 0.6) is 0 Å². The van der Waals surface area contributed by atoms with Crippen molar-refractivity contribution in [2.45, 2.75) is 26.2 Å². The number of carbonyl (C=O) groups is 2. The molecular formula is C12H21NO4. The molecule has 1 aliphatic carbocycles. The van der Waals surface area contributed by atoms with Crippen LogP contribution in [-0.2, 0) is 14.3 Å². The maximum atomic E-state index is 12.2. The van der Waals surface area contributed by atoms with Crippen LogP contribution in [0.4, 0.5) is 0 Å². The molecule has 1 rings (SSSR count). The number of nitrogens with zero attached hydrogens (tertiary/aromatic N) is 1. The quantitative estimate of drug-likeness (QED) is 0.755. The standard InChI is InChI=1S/C12H21NO4/c1-3-13(7-8-17-2)11(14)9-5-4-6-10(9)12(15)16/h9-10H,3-8H2,1-2H3,(H,15,16)/t9-,10+/m1/s1. The van der Waals surface area contributed by atoms with Crippen molar-refractivity contribution >= 4 is 11.9 Å². The van der Waals surface area contributed by atoms with Gasteiger partial charge in [0.25, 0.3) is 0 Å². The van der Waals surface area contributed by atoms with Crippen LogP contribution in [0.1, 0.15) is 26.2 Å². The molecule has 1 saturated carbocycles. The van der Waals surface area contributed by atoms with Crippen molar-refractivity contribution in [1.29, 1.82) is 0 Å². The first-order valence-corrected chi connectivity index (χ1v) is 6.12. The Balaban J connectivity index is 2.63. The van der Waals surface area contributed by atoms with E-state index in [1.807, 2.05) is 6.92 Å². The minimum Gasteiger partial charge on any atom is -0.481 e. The summed E-state index contributed by atoms with van der Waals surface area (Å²) in [6.45, 7) is 3.53. The van der Waals surface area contributed by atoms with E-state index in [9.17, 15) is 9.59 Å². The van der Waals surface area contributed by atoms with Crippen molar-refractivity contribution < 1.29 is 19.4 Å². The SMILES string of the molecule is CCN(CCOC)C(=O)[C@@H]1CCC[C@@H]1C(=O)O. The van der Waals surface area contributed by atoms with E-state index in [4.69, 9.17) is 9.84 Å². The van der Waals surface area contributed by atoms with Crippen LogP contribution in [0.2, 0.25) is 0 Å². The number of aliphatic carboxylic acids is 1. The maximum Gasteiger partial charge on any atom is 0.307 e. The van der Waals surface area contributed by atoms with Gasteiger partial charge in [-0.1, -0.05) is 6.42 Å². The number of carbonyl (C=O) groups excluding carboxylic acids is 1. The van der Waals surface area contributed by atoms with Gasteiger partial charge < -0.3 is 14.7 Å². The van der Waals surface area contributed by atoms with Crippen LogP contribution in [0.15, 0.2) is 0 Å². The minimum atomic E-state index is -0.844. The number of carboxylic acids is 1. The molecule has 0 aromatic rings. The molecule has 1 aliphatic rings. The molecule has 1 N–H and O–H groups in total. The number of amides is 1. The number of hydrogen-bond donors (Lipinski definition) is 1. The fourth-order valence-electron chi connectivity index (χ4n) is 2.41. The lowest BCUT2D eigenvalue weighted by molar-refractivity contribution is -0.149. The first kappa shape index (κ1) is 14.0. The first-order valence-electron chi connectivity index (χ1n) is 6.12. The molecule has 0 unspecified atom stereocenters. The van der Waals surface area contributed by atoms with Gasteiger partial charge in [-0.15, -0.1) is 0 Å². The van der Waals surface area contributed by atoms with Gasteiger partial charge in [0, 0.05) is 20.2 Å². The number of carboxylic acid groups (broad SMARTS) is 1. The van der Waals surface area contributed by atoms with E-state index in [0.717, 1.165) is 6.42 Å². The minimum absolute atomic E-state index is 0.0329. The summed E-state index contributed by atoms with van der Waals surface area (Å²) in [5.74, 6) is -1.72. The summed E-state index contributed by atoms with van der Waals surface area (Å²) in [4.78, 5) is 24.9. The molecule has 98 valence electrons. The van der Waals surface area contributed by atoms with Gasteiger partial charge in [-0.3, -0.25) is 9.59 Å². The highest BCUT2D eigenvalue weighted by Gasteiger charge is 2.39. The zero-order valence-electron chi connectivity index (χ0n) is 10.5. The average Bonchev–Trinajstić information content (AvgIpc) is 2.78. The van der Waals surface area contributed by atoms with Gasteiger partial charge in [0.2, 0.25) is 5.91 Å². The Morgan fingerprint density at radius 1 is 1.35 bits per heavy atom. The predicted molar refractivity (Wildman–Crippen MR) is 62.6 cm³/mol. The summed E-state index contributed by atoms with van der Waals surface area (Å²) in [6, 6.07) is 0. The van der Waals surface area contributed by atoms with E-state index in [0.29, 0.717) is 32.5 Å². The monoisotopic (exact) mass is 243 g/mol. The Hall–Kier alpha value is -1.10. The topological polar surface area (TPSA) is 66.8 Å². The van der Waals surface area contributed by atoms with Crippen molar-refractivity contribution in [2.24, 2.45) is 11.8 Å². The third-order valence-electron chi connectivity index (χ3n) is 3.41. The molecule has 17 heavy (non-hydrogen) atoms. The summed E-state index contributed by atoms with van der Waals surface area (Å²) in [7, 11) is 1.59. The maximum absolute atomic E-state index is 12.2. The molecular weight excluding hydrogens is 222 g/mol. The lowest BCUT2D eigenvalue weighted by Gasteiger charge is -2.25. The highest BCUT2D eigenvalue weighted by molar-refractivity contribution is 5.85. The lowest BCUT2D eigenvalue weighted by atomic mass is 9.95. The first-order chi connectivity index (χ1) is 8.11. The van der Waals surface area contributed by atoms with Gasteiger partial charge in [0.1, 0.15) is 0 Å². The van der Waals surface area contributed by atoms with E-state index >= 15 is 0 Å². The second kappa shape index (κ2) is 6.59. The number of likely N-dealkylation sites (N-methyl/N-ethyl adjacent to an activating group) is 1. The summed E-state index contributed by atoms with van der Waals surface area (Å²) in [6.07, 6.45) is 2.14. The van der Waals surface area contributed by atoms with Gasteiger partial charge in [-0.25, -0.2) is 0 Å². The third kappa shape index (κ3) is 3.43. The fraction of sp³-hybridized carbons (Fsp3) is 0.833. The predicted octanol–water partition coefficient (Wildman–Crippen LogP) is 0.982. The molecule has 0 aromatic heterocycles. The molecule has 0 saturated heterocycles. The van der Waals surface area contributed by atoms with Crippen LogP contribution in [0, 0.1) is 11.8 Å². The second-order valence-corrected chi connectivity index (χ2v) is 4.39. The highest BCUT2D eigenvalue weighted by Crippen LogP contribution is 2.33. The van der Waals surface area contributed by atoms with Crippen LogP contribution in [0.25, 0.3) is 0 Å². The Kier molecular flexibility index (Phi) is 5.41. The molecule has 0 aromatic carbocycles. The van der Waals surface area contributed by atoms with Crippen molar-refractivity contribution in [3.63, 3.8) is 0 Å². The Morgan fingerprint density at radius 2 is 2.00 bits per heavy atom. The van der Waals surface area contributed by atoms with E-state index in [2.05, 4.69) is 0 Å². The summed E-state index contributed by atoms with van der Waals surface area (Å²) in [5.41, 5.74) is 0. The highest BCUT2D eigenvalue weighted by atomic mass is 16.5. The van der Waals surface area contributed by atoms with Crippen LogP contribution in [-0.4, -0.2) is 48.7 Å². The van der Waals surface area contributed by atoms with Gasteiger partial charge in [0.15, 0.2) is 0 Å². The fourth-order valence-corrected chi connectivity index (χ4v) is 2.41. The summed E-state index contributed by atoms with van der Waals surface area (Å²) >= 11 is 0. The van der Waals surface area contributed by atoms with E-state index in [-0.39, 0.29) is 11.8 Å². The van der Waals surface area contributed by atoms with Gasteiger partial charge >= 0.3 is 5.97 Å². The van der Waals surface area contributed by atoms with Crippen molar-refractivity contribution in [3.8, 4) is 0 Å². The number of rotatable bonds is 6. The molecule has 0 spiro atoms. The summed E-state index contributed by atoms with van der Waals surface area (Å²) < 4.78 is 4.95. The Labute approximate surface area is 102 Å². The second-order valence-electron chi connectivity index (χ2n) is 4.39. The molecule has 5 nitrogen and oxygen atoms in total. The zero-order chi connectivity index (χ0) is 12.8. The van der Waals surface area contributed by atoms with Crippen molar-refractivity contribution in [3.05, 3.63) is 0 Å². The number of ether oxygens (including phenoxy) is 1. The molecule has 1 amide bonds. The van der Waals surface area contributed by atoms with Gasteiger partial charge in [0.05, 0.1) is 18.4 Å². The smallest absolute Gasteiger partial charge is 0.307 e.